The molecule has 0 amide bonds. The van der Waals surface area contributed by atoms with Gasteiger partial charge in [0.25, 0.3) is 0 Å². The summed E-state index contributed by atoms with van der Waals surface area (Å²) in [4.78, 5) is 4.45. The number of fused-ring (bicyclic) bond motifs is 1. The van der Waals surface area contributed by atoms with Crippen molar-refractivity contribution in [3.8, 4) is 5.75 Å². The van der Waals surface area contributed by atoms with Crippen LogP contribution in [-0.4, -0.2) is 32.4 Å². The molecule has 1 aromatic heterocycles. The van der Waals surface area contributed by atoms with Gasteiger partial charge in [0.2, 0.25) is 5.95 Å². The van der Waals surface area contributed by atoms with Crippen molar-refractivity contribution >= 4 is 27.8 Å². The van der Waals surface area contributed by atoms with E-state index in [-0.39, 0.29) is 6.04 Å². The topological polar surface area (TPSA) is 70.1 Å². The van der Waals surface area contributed by atoms with Gasteiger partial charge in [-0.3, -0.25) is 4.21 Å². The minimum atomic E-state index is -0.796. The Labute approximate surface area is 127 Å². The number of nitrogens with two attached hydrogens (primary N) is 1. The summed E-state index contributed by atoms with van der Waals surface area (Å²) < 4.78 is 19.0. The number of rotatable bonds is 7. The van der Waals surface area contributed by atoms with Gasteiger partial charge in [0.05, 0.1) is 12.1 Å². The first-order chi connectivity index (χ1) is 10.0. The monoisotopic (exact) mass is 309 g/mol. The van der Waals surface area contributed by atoms with E-state index in [4.69, 9.17) is 10.5 Å². The van der Waals surface area contributed by atoms with E-state index in [1.165, 1.54) is 0 Å². The van der Waals surface area contributed by atoms with Crippen LogP contribution in [0.15, 0.2) is 18.2 Å². The number of hydrogen-bond acceptors (Lipinski definition) is 4. The fourth-order valence-corrected chi connectivity index (χ4v) is 3.04. The smallest absolute Gasteiger partial charge is 0.201 e. The molecule has 2 N–H and O–H groups in total. The molecule has 116 valence electrons. The summed E-state index contributed by atoms with van der Waals surface area (Å²) in [5.41, 5.74) is 7.85. The summed E-state index contributed by atoms with van der Waals surface area (Å²) in [6.45, 7) is 4.81. The Morgan fingerprint density at radius 1 is 1.48 bits per heavy atom. The Hall–Kier alpha value is -1.56. The molecule has 1 heterocycles. The Morgan fingerprint density at radius 3 is 2.90 bits per heavy atom. The molecule has 0 radical (unpaired) electrons. The van der Waals surface area contributed by atoms with E-state index in [0.717, 1.165) is 29.6 Å². The lowest BCUT2D eigenvalue weighted by Crippen LogP contribution is -2.11. The van der Waals surface area contributed by atoms with E-state index >= 15 is 0 Å². The highest BCUT2D eigenvalue weighted by atomic mass is 32.2. The van der Waals surface area contributed by atoms with Crippen LogP contribution in [0.5, 0.6) is 5.75 Å². The van der Waals surface area contributed by atoms with E-state index in [1.54, 1.807) is 6.26 Å². The van der Waals surface area contributed by atoms with Crippen LogP contribution in [0, 0.1) is 0 Å². The highest BCUT2D eigenvalue weighted by Crippen LogP contribution is 2.30. The molecular weight excluding hydrogens is 286 g/mol. The van der Waals surface area contributed by atoms with Crippen LogP contribution in [-0.2, 0) is 10.8 Å². The van der Waals surface area contributed by atoms with Crippen molar-refractivity contribution < 1.29 is 8.95 Å². The lowest BCUT2D eigenvalue weighted by Gasteiger charge is -2.15. The van der Waals surface area contributed by atoms with Gasteiger partial charge in [-0.05, 0) is 31.9 Å². The summed E-state index contributed by atoms with van der Waals surface area (Å²) in [5.74, 6) is 1.91. The molecule has 1 aromatic carbocycles. The number of aromatic nitrogens is 2. The van der Waals surface area contributed by atoms with Crippen LogP contribution in [0.4, 0.5) is 5.95 Å². The van der Waals surface area contributed by atoms with E-state index in [9.17, 15) is 4.21 Å². The summed E-state index contributed by atoms with van der Waals surface area (Å²) in [6.07, 6.45) is 3.48. The van der Waals surface area contributed by atoms with Crippen molar-refractivity contribution in [2.45, 2.75) is 32.7 Å². The second kappa shape index (κ2) is 6.93. The van der Waals surface area contributed by atoms with Crippen molar-refractivity contribution in [2.75, 3.05) is 24.3 Å². The van der Waals surface area contributed by atoms with Crippen molar-refractivity contribution in [3.05, 3.63) is 18.2 Å². The fourth-order valence-electron chi connectivity index (χ4n) is 2.37. The second-order valence-electron chi connectivity index (χ2n) is 5.23. The Morgan fingerprint density at radius 2 is 2.24 bits per heavy atom. The number of imidazole rings is 1. The molecule has 6 heteroatoms. The molecule has 0 spiro atoms. The van der Waals surface area contributed by atoms with E-state index in [2.05, 4.69) is 18.8 Å². The van der Waals surface area contributed by atoms with Crippen molar-refractivity contribution in [1.82, 2.24) is 9.55 Å². The van der Waals surface area contributed by atoms with Crippen LogP contribution >= 0.6 is 0 Å². The first-order valence-corrected chi connectivity index (χ1v) is 8.96. The molecule has 2 unspecified atom stereocenters. The van der Waals surface area contributed by atoms with E-state index in [0.29, 0.717) is 18.3 Å². The van der Waals surface area contributed by atoms with E-state index in [1.807, 2.05) is 22.8 Å². The van der Waals surface area contributed by atoms with Gasteiger partial charge >= 0.3 is 0 Å². The minimum Gasteiger partial charge on any atom is -0.491 e. The number of nitrogen functional groups attached to an aromatic ring is 1. The zero-order chi connectivity index (χ0) is 15.4. The van der Waals surface area contributed by atoms with Gasteiger partial charge in [0.15, 0.2) is 0 Å². The van der Waals surface area contributed by atoms with Gasteiger partial charge in [-0.2, -0.15) is 0 Å². The quantitative estimate of drug-likeness (QED) is 0.853. The molecule has 0 aliphatic carbocycles. The lowest BCUT2D eigenvalue weighted by molar-refractivity contribution is 0.320. The Kier molecular flexibility index (Phi) is 5.22. The zero-order valence-corrected chi connectivity index (χ0v) is 13.7. The zero-order valence-electron chi connectivity index (χ0n) is 12.8. The molecule has 2 atom stereocenters. The Balaban J connectivity index is 2.36. The summed E-state index contributed by atoms with van der Waals surface area (Å²) in [6, 6.07) is 6.02. The van der Waals surface area contributed by atoms with Crippen LogP contribution in [0.1, 0.15) is 32.7 Å². The maximum Gasteiger partial charge on any atom is 0.201 e. The predicted octanol–water partition coefficient (Wildman–Crippen LogP) is 2.74. The molecule has 5 nitrogen and oxygen atoms in total. The average molecular weight is 309 g/mol. The molecule has 2 aromatic rings. The van der Waals surface area contributed by atoms with Crippen LogP contribution in [0.3, 0.4) is 0 Å². The fraction of sp³-hybridized carbons (Fsp3) is 0.533. The molecule has 0 fully saturated rings. The number of hydrogen-bond donors (Lipinski definition) is 1. The van der Waals surface area contributed by atoms with Crippen LogP contribution in [0.25, 0.3) is 11.0 Å². The average Bonchev–Trinajstić information content (AvgIpc) is 2.79. The number of para-hydroxylation sites is 1. The van der Waals surface area contributed by atoms with Crippen LogP contribution < -0.4 is 10.5 Å². The van der Waals surface area contributed by atoms with E-state index < -0.39 is 10.8 Å². The Bertz CT molecular complexity index is 639. The first kappa shape index (κ1) is 15.8. The van der Waals surface area contributed by atoms with Gasteiger partial charge in [-0.25, -0.2) is 4.98 Å². The SMILES string of the molecule is CCCOc1cccc2c1nc(N)n2C(C)CCS(C)=O. The van der Waals surface area contributed by atoms with Gasteiger partial charge in [-0.15, -0.1) is 0 Å². The third-order valence-electron chi connectivity index (χ3n) is 3.44. The number of ether oxygens (including phenoxy) is 1. The molecule has 0 saturated carbocycles. The first-order valence-electron chi connectivity index (χ1n) is 7.23. The normalized spacial score (nSPS) is 14.2. The molecule has 21 heavy (non-hydrogen) atoms. The van der Waals surface area contributed by atoms with Gasteiger partial charge in [-0.1, -0.05) is 13.0 Å². The second-order valence-corrected chi connectivity index (χ2v) is 6.78. The molecule has 0 aliphatic heterocycles. The highest BCUT2D eigenvalue weighted by molar-refractivity contribution is 7.84. The van der Waals surface area contributed by atoms with Gasteiger partial charge < -0.3 is 15.0 Å². The molecule has 2 rings (SSSR count). The maximum absolute atomic E-state index is 11.3. The summed E-state index contributed by atoms with van der Waals surface area (Å²) >= 11 is 0. The third-order valence-corrected chi connectivity index (χ3v) is 4.25. The molecule has 0 bridgehead atoms. The largest absolute Gasteiger partial charge is 0.491 e. The molecular formula is C15H23N3O2S. The third kappa shape index (κ3) is 3.56. The standard InChI is InChI=1S/C15H23N3O2S/c1-4-9-20-13-7-5-6-12-14(13)17-15(16)18(12)11(2)8-10-21(3)19/h5-7,11H,4,8-10H2,1-3H3,(H2,16,17). The molecule has 0 aliphatic rings. The number of benzene rings is 1. The molecule has 0 saturated heterocycles. The van der Waals surface area contributed by atoms with Crippen molar-refractivity contribution in [1.29, 1.82) is 0 Å². The van der Waals surface area contributed by atoms with Gasteiger partial charge in [0.1, 0.15) is 11.3 Å². The maximum atomic E-state index is 11.3. The van der Waals surface area contributed by atoms with Crippen LogP contribution in [0.2, 0.25) is 0 Å². The lowest BCUT2D eigenvalue weighted by atomic mass is 10.2. The predicted molar refractivity (Wildman–Crippen MR) is 88.2 cm³/mol. The number of nitrogens with zero attached hydrogens (tertiary/aromatic N) is 2. The summed E-state index contributed by atoms with van der Waals surface area (Å²) in [7, 11) is -0.796. The number of anilines is 1. The highest BCUT2D eigenvalue weighted by Gasteiger charge is 2.16. The minimum absolute atomic E-state index is 0.153. The van der Waals surface area contributed by atoms with Crippen molar-refractivity contribution in [3.63, 3.8) is 0 Å². The summed E-state index contributed by atoms with van der Waals surface area (Å²) in [5, 5.41) is 0. The van der Waals surface area contributed by atoms with Crippen molar-refractivity contribution in [2.24, 2.45) is 0 Å². The van der Waals surface area contributed by atoms with Gasteiger partial charge in [0, 0.05) is 28.9 Å².